The molecular weight excluding hydrogens is 160 g/mol. The molecule has 2 saturated carbocycles. The summed E-state index contributed by atoms with van der Waals surface area (Å²) in [5.74, 6) is -0.707. The molecule has 2 fully saturated rings. The van der Waals surface area contributed by atoms with E-state index in [4.69, 9.17) is 6.85 Å². The fourth-order valence-electron chi connectivity index (χ4n) is 2.68. The molecule has 0 saturated heterocycles. The van der Waals surface area contributed by atoms with Crippen molar-refractivity contribution < 1.29 is 12.0 Å². The third-order valence-electron chi connectivity index (χ3n) is 3.74. The van der Waals surface area contributed by atoms with Crippen LogP contribution in [0.4, 0.5) is 0 Å². The summed E-state index contributed by atoms with van der Waals surface area (Å²) in [7, 11) is 0. The second-order valence-corrected chi connectivity index (χ2v) is 4.69. The zero-order chi connectivity index (χ0) is 14.0. The van der Waals surface area contributed by atoms with Crippen molar-refractivity contribution >= 4 is 0 Å². The average molecular weight is 187 g/mol. The van der Waals surface area contributed by atoms with Gasteiger partial charge in [0.25, 0.3) is 0 Å². The molecule has 1 heteroatoms. The summed E-state index contributed by atoms with van der Waals surface area (Å²) in [6.07, 6.45) is -2.84. The molecule has 0 aliphatic heterocycles. The van der Waals surface area contributed by atoms with Gasteiger partial charge in [0.2, 0.25) is 0 Å². The summed E-state index contributed by atoms with van der Waals surface area (Å²) in [6, 6.07) is 0. The molecule has 4 atom stereocenters. The van der Waals surface area contributed by atoms with Gasteiger partial charge in [-0.2, -0.15) is 0 Å². The SMILES string of the molecule is [2H]C1[C@H](C)[C@@]2(O)C([2H])([2H])CCC[C@]2(C)CC1([2H])[2H]. The van der Waals surface area contributed by atoms with Gasteiger partial charge in [-0.15, -0.1) is 0 Å². The smallest absolute Gasteiger partial charge is 0.0726 e. The lowest BCUT2D eigenvalue weighted by Gasteiger charge is -2.55. The largest absolute Gasteiger partial charge is 0.389 e. The highest BCUT2D eigenvalue weighted by molar-refractivity contribution is 5.04. The summed E-state index contributed by atoms with van der Waals surface area (Å²) < 4.78 is 40.2. The zero-order valence-electron chi connectivity index (χ0n) is 13.4. The van der Waals surface area contributed by atoms with Gasteiger partial charge in [0.15, 0.2) is 0 Å². The summed E-state index contributed by atoms with van der Waals surface area (Å²) >= 11 is 0. The van der Waals surface area contributed by atoms with Crippen LogP contribution in [0, 0.1) is 11.3 Å². The van der Waals surface area contributed by atoms with Crippen molar-refractivity contribution in [2.75, 3.05) is 0 Å². The van der Waals surface area contributed by atoms with Crippen LogP contribution in [0.15, 0.2) is 0 Å². The minimum atomic E-state index is -1.74. The number of fused-ring (bicyclic) bond motifs is 1. The van der Waals surface area contributed by atoms with Crippen LogP contribution < -0.4 is 0 Å². The molecule has 0 aromatic carbocycles. The van der Waals surface area contributed by atoms with Crippen LogP contribution in [0.3, 0.4) is 0 Å². The van der Waals surface area contributed by atoms with Crippen molar-refractivity contribution in [1.29, 1.82) is 0 Å². The molecule has 76 valence electrons. The first kappa shape index (κ1) is 5.16. The Kier molecular flexibility index (Phi) is 1.18. The van der Waals surface area contributed by atoms with Crippen molar-refractivity contribution in [3.05, 3.63) is 0 Å². The molecule has 2 aliphatic rings. The molecule has 2 aliphatic carbocycles. The predicted octanol–water partition coefficient (Wildman–Crippen LogP) is 3.12. The molecule has 1 nitrogen and oxygen atoms in total. The lowest BCUT2D eigenvalue weighted by atomic mass is 9.54. The molecule has 0 heterocycles. The van der Waals surface area contributed by atoms with Gasteiger partial charge in [0.1, 0.15) is 0 Å². The Morgan fingerprint density at radius 2 is 2.15 bits per heavy atom. The fraction of sp³-hybridized carbons (Fsp3) is 1.00. The van der Waals surface area contributed by atoms with E-state index in [2.05, 4.69) is 0 Å². The van der Waals surface area contributed by atoms with Crippen molar-refractivity contribution in [3.8, 4) is 0 Å². The predicted molar refractivity (Wildman–Crippen MR) is 54.5 cm³/mol. The van der Waals surface area contributed by atoms with E-state index in [1.54, 1.807) is 13.8 Å². The molecular formula is C12H22O. The Hall–Kier alpha value is -0.0400. The van der Waals surface area contributed by atoms with Crippen molar-refractivity contribution in [2.24, 2.45) is 11.3 Å². The van der Waals surface area contributed by atoms with Gasteiger partial charge < -0.3 is 5.11 Å². The van der Waals surface area contributed by atoms with E-state index in [1.165, 1.54) is 0 Å². The Balaban J connectivity index is 2.53. The molecule has 0 bridgehead atoms. The maximum Gasteiger partial charge on any atom is 0.0726 e. The van der Waals surface area contributed by atoms with E-state index < -0.39 is 36.1 Å². The molecule has 2 rings (SSSR count). The lowest BCUT2D eigenvalue weighted by molar-refractivity contribution is -0.164. The molecule has 0 aromatic rings. The van der Waals surface area contributed by atoms with Crippen molar-refractivity contribution in [1.82, 2.24) is 0 Å². The number of hydrogen-bond donors (Lipinski definition) is 1. The summed E-state index contributed by atoms with van der Waals surface area (Å²) in [4.78, 5) is 0. The van der Waals surface area contributed by atoms with E-state index in [-0.39, 0.29) is 6.42 Å². The third kappa shape index (κ3) is 1.24. The second-order valence-electron chi connectivity index (χ2n) is 4.69. The molecule has 0 spiro atoms. The summed E-state index contributed by atoms with van der Waals surface area (Å²) in [5.41, 5.74) is -2.38. The topological polar surface area (TPSA) is 20.2 Å². The highest BCUT2D eigenvalue weighted by Gasteiger charge is 2.52. The van der Waals surface area contributed by atoms with Crippen molar-refractivity contribution in [2.45, 2.75) is 64.3 Å². The first-order valence-corrected chi connectivity index (χ1v) is 5.13. The minimum absolute atomic E-state index is 0.0640. The van der Waals surface area contributed by atoms with Crippen LogP contribution in [0.5, 0.6) is 0 Å². The Morgan fingerprint density at radius 3 is 2.92 bits per heavy atom. The molecule has 0 radical (unpaired) electrons. The van der Waals surface area contributed by atoms with Crippen LogP contribution >= 0.6 is 0 Å². The Morgan fingerprint density at radius 1 is 1.38 bits per heavy atom. The number of hydrogen-bond acceptors (Lipinski definition) is 1. The molecule has 1 N–H and O–H groups in total. The minimum Gasteiger partial charge on any atom is -0.389 e. The van der Waals surface area contributed by atoms with Crippen LogP contribution in [0.25, 0.3) is 0 Å². The normalized spacial score (nSPS) is 70.5. The quantitative estimate of drug-likeness (QED) is 0.618. The summed E-state index contributed by atoms with van der Waals surface area (Å²) in [5, 5.41) is 11.0. The van der Waals surface area contributed by atoms with E-state index in [1.807, 2.05) is 0 Å². The van der Waals surface area contributed by atoms with Crippen LogP contribution in [0.1, 0.15) is 65.5 Å². The van der Waals surface area contributed by atoms with E-state index in [0.29, 0.717) is 19.3 Å². The molecule has 0 amide bonds. The standard InChI is InChI=1S/C12H22O/c1-10-6-5-8-11(2)7-3-4-9-12(10,11)13/h10,13H,3-9H2,1-2H3/t10-,11+,12-/m0/s1/i5D2,6D,9D2/t6?,10-,11+,12-. The maximum absolute atomic E-state index is 11.0. The zero-order valence-corrected chi connectivity index (χ0v) is 8.43. The summed E-state index contributed by atoms with van der Waals surface area (Å²) in [6.45, 7) is 3.40. The van der Waals surface area contributed by atoms with E-state index in [9.17, 15) is 5.11 Å². The van der Waals surface area contributed by atoms with Crippen LogP contribution in [0.2, 0.25) is 0 Å². The van der Waals surface area contributed by atoms with Gasteiger partial charge in [0, 0.05) is 6.85 Å². The first-order valence-electron chi connectivity index (χ1n) is 7.70. The molecule has 1 unspecified atom stereocenters. The third-order valence-corrected chi connectivity index (χ3v) is 3.74. The average Bonchev–Trinajstić information content (AvgIpc) is 2.21. The molecule has 0 aromatic heterocycles. The van der Waals surface area contributed by atoms with E-state index >= 15 is 0 Å². The van der Waals surface area contributed by atoms with E-state index in [0.717, 1.165) is 0 Å². The van der Waals surface area contributed by atoms with Crippen LogP contribution in [-0.2, 0) is 0 Å². The Bertz CT molecular complexity index is 358. The molecule has 13 heavy (non-hydrogen) atoms. The van der Waals surface area contributed by atoms with Gasteiger partial charge in [-0.25, -0.2) is 0 Å². The van der Waals surface area contributed by atoms with Gasteiger partial charge in [-0.05, 0) is 36.9 Å². The highest BCUT2D eigenvalue weighted by Crippen LogP contribution is 2.55. The van der Waals surface area contributed by atoms with Gasteiger partial charge in [-0.1, -0.05) is 33.1 Å². The van der Waals surface area contributed by atoms with Crippen LogP contribution in [-0.4, -0.2) is 10.7 Å². The number of rotatable bonds is 0. The van der Waals surface area contributed by atoms with Gasteiger partial charge >= 0.3 is 0 Å². The first-order chi connectivity index (χ1) is 7.98. The maximum atomic E-state index is 11.0. The Labute approximate surface area is 88.6 Å². The second kappa shape index (κ2) is 2.98. The highest BCUT2D eigenvalue weighted by atomic mass is 16.3. The van der Waals surface area contributed by atoms with Gasteiger partial charge in [0.05, 0.1) is 5.60 Å². The fourth-order valence-corrected chi connectivity index (χ4v) is 2.68. The van der Waals surface area contributed by atoms with Gasteiger partial charge in [-0.3, -0.25) is 0 Å². The number of aliphatic hydroxyl groups is 1. The van der Waals surface area contributed by atoms with Crippen molar-refractivity contribution in [3.63, 3.8) is 0 Å². The lowest BCUT2D eigenvalue weighted by Crippen LogP contribution is -2.55. The monoisotopic (exact) mass is 187 g/mol.